The van der Waals surface area contributed by atoms with Crippen molar-refractivity contribution in [3.8, 4) is 17.6 Å². The van der Waals surface area contributed by atoms with Gasteiger partial charge < -0.3 is 14.8 Å². The van der Waals surface area contributed by atoms with Crippen LogP contribution >= 0.6 is 11.6 Å². The maximum atomic E-state index is 12.5. The zero-order chi connectivity index (χ0) is 19.3. The molecule has 0 aromatic heterocycles. The fraction of sp³-hybridized carbons (Fsp3) is 0.211. The van der Waals surface area contributed by atoms with E-state index < -0.39 is 17.6 Å². The van der Waals surface area contributed by atoms with Crippen LogP contribution in [0, 0.1) is 18.3 Å². The molecular weight excluding hydrogens is 356 g/mol. The first kappa shape index (κ1) is 19.3. The highest BCUT2D eigenvalue weighted by Crippen LogP contribution is 2.31. The Labute approximate surface area is 156 Å². The zero-order valence-electron chi connectivity index (χ0n) is 14.5. The van der Waals surface area contributed by atoms with E-state index in [1.165, 1.54) is 20.3 Å². The summed E-state index contributed by atoms with van der Waals surface area (Å²) in [6.07, 6.45) is 0. The Kier molecular flexibility index (Phi) is 6.21. The molecule has 2 rings (SSSR count). The van der Waals surface area contributed by atoms with Gasteiger partial charge in [0, 0.05) is 10.7 Å². The molecule has 1 amide bonds. The normalized spacial score (nSPS) is 11.2. The van der Waals surface area contributed by atoms with Crippen LogP contribution in [0.25, 0.3) is 0 Å². The third-order valence-electron chi connectivity index (χ3n) is 3.79. The molecule has 0 radical (unpaired) electrons. The number of nitriles is 1. The molecule has 2 aromatic rings. The van der Waals surface area contributed by atoms with E-state index >= 15 is 0 Å². The summed E-state index contributed by atoms with van der Waals surface area (Å²) in [5, 5.41) is 12.4. The molecular formula is C19H17ClN2O4. The van der Waals surface area contributed by atoms with Gasteiger partial charge in [0.05, 0.1) is 20.3 Å². The number of Topliss-reactive ketones (excluding diaryl/α,β-unsaturated/α-hetero) is 1. The van der Waals surface area contributed by atoms with Crippen molar-refractivity contribution in [2.75, 3.05) is 19.5 Å². The predicted molar refractivity (Wildman–Crippen MR) is 97.7 cm³/mol. The number of benzene rings is 2. The second-order valence-electron chi connectivity index (χ2n) is 5.45. The van der Waals surface area contributed by atoms with Crippen LogP contribution in [0.2, 0.25) is 5.02 Å². The lowest BCUT2D eigenvalue weighted by Crippen LogP contribution is -2.28. The fourth-order valence-corrected chi connectivity index (χ4v) is 2.63. The van der Waals surface area contributed by atoms with Crippen LogP contribution < -0.4 is 14.8 Å². The van der Waals surface area contributed by atoms with Gasteiger partial charge in [0.25, 0.3) is 5.91 Å². The van der Waals surface area contributed by atoms with E-state index in [2.05, 4.69) is 5.32 Å². The van der Waals surface area contributed by atoms with Gasteiger partial charge in [0.1, 0.15) is 5.92 Å². The van der Waals surface area contributed by atoms with Crippen LogP contribution in [0.5, 0.6) is 11.5 Å². The summed E-state index contributed by atoms with van der Waals surface area (Å²) >= 11 is 5.88. The number of nitrogens with one attached hydrogen (secondary N) is 1. The highest BCUT2D eigenvalue weighted by Gasteiger charge is 2.28. The number of hydrogen-bond donors (Lipinski definition) is 1. The molecule has 0 aliphatic carbocycles. The molecule has 0 bridgehead atoms. The summed E-state index contributed by atoms with van der Waals surface area (Å²) < 4.78 is 10.3. The molecule has 0 saturated heterocycles. The Morgan fingerprint density at radius 2 is 1.81 bits per heavy atom. The van der Waals surface area contributed by atoms with Gasteiger partial charge in [-0.1, -0.05) is 17.7 Å². The monoisotopic (exact) mass is 372 g/mol. The Morgan fingerprint density at radius 1 is 1.12 bits per heavy atom. The summed E-state index contributed by atoms with van der Waals surface area (Å²) in [4.78, 5) is 24.8. The minimum absolute atomic E-state index is 0.345. The number of carbonyl (C=O) groups is 2. The SMILES string of the molecule is COc1ccc([C@H](C#N)C(=O)C(=O)Nc2ccc(Cl)cc2C)cc1OC. The predicted octanol–water partition coefficient (Wildman–Crippen LogP) is 3.48. The molecule has 2 aromatic carbocycles. The average molecular weight is 373 g/mol. The standard InChI is InChI=1S/C19H17ClN2O4/c1-11-8-13(20)5-6-15(11)22-19(24)18(23)14(10-21)12-4-7-16(25-2)17(9-12)26-3/h4-9,14H,1-3H3,(H,22,24)/t14-/m0/s1. The molecule has 0 aliphatic heterocycles. The van der Waals surface area contributed by atoms with Gasteiger partial charge in [-0.3, -0.25) is 9.59 Å². The van der Waals surface area contributed by atoms with Crippen molar-refractivity contribution >= 4 is 29.0 Å². The number of ketones is 1. The van der Waals surface area contributed by atoms with Crippen molar-refractivity contribution in [2.45, 2.75) is 12.8 Å². The van der Waals surface area contributed by atoms with Gasteiger partial charge in [0.2, 0.25) is 5.78 Å². The van der Waals surface area contributed by atoms with Crippen molar-refractivity contribution in [2.24, 2.45) is 0 Å². The molecule has 0 saturated carbocycles. The molecule has 7 heteroatoms. The first-order valence-corrected chi connectivity index (χ1v) is 8.02. The lowest BCUT2D eigenvalue weighted by molar-refractivity contribution is -0.135. The van der Waals surface area contributed by atoms with E-state index in [0.717, 1.165) is 0 Å². The van der Waals surface area contributed by atoms with Crippen molar-refractivity contribution < 1.29 is 19.1 Å². The largest absolute Gasteiger partial charge is 0.493 e. The quantitative estimate of drug-likeness (QED) is 0.784. The Balaban J connectivity index is 2.25. The first-order chi connectivity index (χ1) is 12.4. The molecule has 0 aliphatic rings. The Morgan fingerprint density at radius 3 is 2.38 bits per heavy atom. The van der Waals surface area contributed by atoms with Crippen molar-refractivity contribution in [3.05, 3.63) is 52.5 Å². The lowest BCUT2D eigenvalue weighted by Gasteiger charge is -2.13. The number of nitrogens with zero attached hydrogens (tertiary/aromatic N) is 1. The van der Waals surface area contributed by atoms with E-state index in [1.54, 1.807) is 37.3 Å². The van der Waals surface area contributed by atoms with Gasteiger partial charge in [-0.25, -0.2) is 0 Å². The number of hydrogen-bond acceptors (Lipinski definition) is 5. The highest BCUT2D eigenvalue weighted by atomic mass is 35.5. The number of carbonyl (C=O) groups excluding carboxylic acids is 2. The fourth-order valence-electron chi connectivity index (χ4n) is 2.40. The number of rotatable bonds is 6. The summed E-state index contributed by atoms with van der Waals surface area (Å²) in [5.74, 6) is -2.18. The maximum Gasteiger partial charge on any atom is 0.293 e. The minimum Gasteiger partial charge on any atom is -0.493 e. The molecule has 0 heterocycles. The van der Waals surface area contributed by atoms with Crippen molar-refractivity contribution in [1.82, 2.24) is 0 Å². The van der Waals surface area contributed by atoms with E-state index in [-0.39, 0.29) is 0 Å². The smallest absolute Gasteiger partial charge is 0.293 e. The third kappa shape index (κ3) is 4.13. The van der Waals surface area contributed by atoms with Crippen LogP contribution in [0.4, 0.5) is 5.69 Å². The third-order valence-corrected chi connectivity index (χ3v) is 4.03. The topological polar surface area (TPSA) is 88.4 Å². The molecule has 0 fully saturated rings. The van der Waals surface area contributed by atoms with Gasteiger partial charge in [-0.2, -0.15) is 5.26 Å². The van der Waals surface area contributed by atoms with E-state index in [1.807, 2.05) is 6.07 Å². The summed E-state index contributed by atoms with van der Waals surface area (Å²) in [5.41, 5.74) is 1.51. The average Bonchev–Trinajstić information content (AvgIpc) is 2.64. The van der Waals surface area contributed by atoms with Gasteiger partial charge in [-0.05, 0) is 48.4 Å². The lowest BCUT2D eigenvalue weighted by atomic mass is 9.95. The number of amides is 1. The summed E-state index contributed by atoms with van der Waals surface area (Å²) in [6, 6.07) is 11.4. The van der Waals surface area contributed by atoms with E-state index in [0.29, 0.717) is 33.3 Å². The Bertz CT molecular complexity index is 890. The van der Waals surface area contributed by atoms with E-state index in [4.69, 9.17) is 21.1 Å². The Hall–Kier alpha value is -3.04. The van der Waals surface area contributed by atoms with Crippen LogP contribution in [-0.2, 0) is 9.59 Å². The molecule has 1 atom stereocenters. The zero-order valence-corrected chi connectivity index (χ0v) is 15.3. The van der Waals surface area contributed by atoms with Gasteiger partial charge in [0.15, 0.2) is 11.5 Å². The molecule has 26 heavy (non-hydrogen) atoms. The highest BCUT2D eigenvalue weighted by molar-refractivity contribution is 6.43. The number of halogens is 1. The van der Waals surface area contributed by atoms with Crippen molar-refractivity contribution in [1.29, 1.82) is 5.26 Å². The van der Waals surface area contributed by atoms with Crippen molar-refractivity contribution in [3.63, 3.8) is 0 Å². The number of anilines is 1. The maximum absolute atomic E-state index is 12.5. The molecule has 0 unspecified atom stereocenters. The number of aryl methyl sites for hydroxylation is 1. The number of ether oxygens (including phenoxy) is 2. The van der Waals surface area contributed by atoms with Gasteiger partial charge in [-0.15, -0.1) is 0 Å². The summed E-state index contributed by atoms with van der Waals surface area (Å²) in [7, 11) is 2.92. The first-order valence-electron chi connectivity index (χ1n) is 7.64. The molecule has 0 spiro atoms. The van der Waals surface area contributed by atoms with Gasteiger partial charge >= 0.3 is 0 Å². The summed E-state index contributed by atoms with van der Waals surface area (Å²) in [6.45, 7) is 1.75. The second kappa shape index (κ2) is 8.37. The molecule has 1 N–H and O–H groups in total. The van der Waals surface area contributed by atoms with Crippen LogP contribution in [0.15, 0.2) is 36.4 Å². The van der Waals surface area contributed by atoms with E-state index in [9.17, 15) is 14.9 Å². The molecule has 134 valence electrons. The van der Waals surface area contributed by atoms with Crippen LogP contribution in [0.3, 0.4) is 0 Å². The van der Waals surface area contributed by atoms with Crippen LogP contribution in [0.1, 0.15) is 17.0 Å². The molecule has 6 nitrogen and oxygen atoms in total. The minimum atomic E-state index is -1.26. The second-order valence-corrected chi connectivity index (χ2v) is 5.89. The van der Waals surface area contributed by atoms with Crippen LogP contribution in [-0.4, -0.2) is 25.9 Å². The number of methoxy groups -OCH3 is 2.